The van der Waals surface area contributed by atoms with Crippen LogP contribution in [0, 0.1) is 11.8 Å². The Balaban J connectivity index is 1.38. The molecular formula is C29H31N2S2+. The molecule has 2 nitrogen and oxygen atoms in total. The van der Waals surface area contributed by atoms with E-state index in [4.69, 9.17) is 0 Å². The molecule has 3 aromatic rings. The van der Waals surface area contributed by atoms with Crippen LogP contribution < -0.4 is 9.47 Å². The standard InChI is InChI=1S/C29H31N2S2/c1-3-30-24-9-5-7-11-26(24)32-28(30)18-20-15-21(17-23(16-20)22-13-14-22)19-29-31(4-2)25-10-6-8-12-27(25)33-29/h5-12,15,18-19,22-23H,3-4,13-14,16-17H2,1-2H3/q+1. The number of rotatable bonds is 5. The summed E-state index contributed by atoms with van der Waals surface area (Å²) in [7, 11) is 0. The molecule has 0 amide bonds. The van der Waals surface area contributed by atoms with Gasteiger partial charge in [0.15, 0.2) is 0 Å². The third-order valence-electron chi connectivity index (χ3n) is 7.18. The van der Waals surface area contributed by atoms with Gasteiger partial charge in [0.25, 0.3) is 5.01 Å². The fourth-order valence-electron chi connectivity index (χ4n) is 5.43. The van der Waals surface area contributed by atoms with Crippen molar-refractivity contribution in [3.8, 4) is 0 Å². The van der Waals surface area contributed by atoms with Crippen LogP contribution in [0.3, 0.4) is 0 Å². The number of aryl methyl sites for hydroxylation is 1. The summed E-state index contributed by atoms with van der Waals surface area (Å²) < 4.78 is 3.85. The molecule has 3 aliphatic rings. The maximum Gasteiger partial charge on any atom is 0.263 e. The van der Waals surface area contributed by atoms with Crippen LogP contribution in [-0.2, 0) is 6.54 Å². The number of fused-ring (bicyclic) bond motifs is 2. The summed E-state index contributed by atoms with van der Waals surface area (Å²) in [6.45, 7) is 6.54. The fourth-order valence-corrected chi connectivity index (χ4v) is 7.83. The van der Waals surface area contributed by atoms with Gasteiger partial charge < -0.3 is 4.90 Å². The third kappa shape index (κ3) is 4.08. The second kappa shape index (κ2) is 8.81. The van der Waals surface area contributed by atoms with Crippen molar-refractivity contribution in [1.82, 2.24) is 0 Å². The van der Waals surface area contributed by atoms with Gasteiger partial charge in [-0.05, 0) is 86.8 Å². The van der Waals surface area contributed by atoms with E-state index in [2.05, 4.69) is 90.1 Å². The molecule has 1 fully saturated rings. The highest BCUT2D eigenvalue weighted by atomic mass is 32.2. The van der Waals surface area contributed by atoms with Gasteiger partial charge in [0.05, 0.1) is 10.7 Å². The molecule has 0 spiro atoms. The lowest BCUT2D eigenvalue weighted by atomic mass is 9.82. The van der Waals surface area contributed by atoms with Crippen molar-refractivity contribution < 1.29 is 4.57 Å². The van der Waals surface area contributed by atoms with E-state index in [1.54, 1.807) is 0 Å². The SMILES string of the molecule is CCN1C(=CC2=CC(=Cc3sc4ccccc4[n+]3CC)CC(C3CC3)C2)Sc2ccccc21. The minimum absolute atomic E-state index is 0.793. The maximum absolute atomic E-state index is 2.49. The predicted octanol–water partition coefficient (Wildman–Crippen LogP) is 7.81. The summed E-state index contributed by atoms with van der Waals surface area (Å²) in [4.78, 5) is 3.85. The third-order valence-corrected chi connectivity index (χ3v) is 9.40. The van der Waals surface area contributed by atoms with Gasteiger partial charge in [0.1, 0.15) is 11.2 Å². The summed E-state index contributed by atoms with van der Waals surface area (Å²) in [5.41, 5.74) is 5.72. The Morgan fingerprint density at radius 1 is 0.970 bits per heavy atom. The van der Waals surface area contributed by atoms with E-state index in [0.717, 1.165) is 24.9 Å². The van der Waals surface area contributed by atoms with Crippen LogP contribution in [0.5, 0.6) is 0 Å². The Morgan fingerprint density at radius 3 is 2.61 bits per heavy atom. The highest BCUT2D eigenvalue weighted by Crippen LogP contribution is 2.49. The molecule has 2 aliphatic carbocycles. The fraction of sp³-hybridized carbons (Fsp3) is 0.345. The number of hydrogen-bond acceptors (Lipinski definition) is 3. The quantitative estimate of drug-likeness (QED) is 0.350. The van der Waals surface area contributed by atoms with Gasteiger partial charge in [0.2, 0.25) is 5.52 Å². The first-order chi connectivity index (χ1) is 16.2. The van der Waals surface area contributed by atoms with E-state index < -0.39 is 0 Å². The minimum Gasteiger partial charge on any atom is -0.335 e. The van der Waals surface area contributed by atoms with E-state index in [0.29, 0.717) is 0 Å². The monoisotopic (exact) mass is 471 g/mol. The molecule has 1 atom stereocenters. The van der Waals surface area contributed by atoms with Crippen molar-refractivity contribution in [2.24, 2.45) is 11.8 Å². The van der Waals surface area contributed by atoms with Gasteiger partial charge >= 0.3 is 0 Å². The molecule has 4 heteroatoms. The van der Waals surface area contributed by atoms with E-state index in [-0.39, 0.29) is 0 Å². The summed E-state index contributed by atoms with van der Waals surface area (Å²) >= 11 is 3.85. The second-order valence-electron chi connectivity index (χ2n) is 9.39. The molecule has 1 aliphatic heterocycles. The summed E-state index contributed by atoms with van der Waals surface area (Å²) in [6, 6.07) is 17.6. The van der Waals surface area contributed by atoms with Crippen LogP contribution in [0.4, 0.5) is 5.69 Å². The van der Waals surface area contributed by atoms with Crippen LogP contribution in [0.2, 0.25) is 0 Å². The largest absolute Gasteiger partial charge is 0.335 e. The van der Waals surface area contributed by atoms with E-state index in [9.17, 15) is 0 Å². The molecule has 6 rings (SSSR count). The van der Waals surface area contributed by atoms with Crippen molar-refractivity contribution in [2.75, 3.05) is 11.4 Å². The zero-order chi connectivity index (χ0) is 22.4. The zero-order valence-electron chi connectivity index (χ0n) is 19.5. The number of aromatic nitrogens is 1. The average molecular weight is 472 g/mol. The Labute approximate surface area is 205 Å². The first-order valence-corrected chi connectivity index (χ1v) is 14.0. The van der Waals surface area contributed by atoms with E-state index in [1.807, 2.05) is 23.1 Å². The molecule has 2 aromatic carbocycles. The Bertz CT molecular complexity index is 1290. The Hall–Kier alpha value is -2.30. The predicted molar refractivity (Wildman–Crippen MR) is 143 cm³/mol. The van der Waals surface area contributed by atoms with Gasteiger partial charge in [-0.2, -0.15) is 4.57 Å². The van der Waals surface area contributed by atoms with Crippen LogP contribution in [0.15, 0.2) is 81.8 Å². The van der Waals surface area contributed by atoms with Crippen molar-refractivity contribution in [2.45, 2.75) is 51.0 Å². The second-order valence-corrected chi connectivity index (χ2v) is 11.5. The van der Waals surface area contributed by atoms with Crippen LogP contribution in [0.25, 0.3) is 16.3 Å². The number of benzene rings is 2. The van der Waals surface area contributed by atoms with Gasteiger partial charge in [0, 0.05) is 23.6 Å². The topological polar surface area (TPSA) is 7.12 Å². The summed E-state index contributed by atoms with van der Waals surface area (Å²) in [6.07, 6.45) is 12.7. The smallest absolute Gasteiger partial charge is 0.263 e. The number of nitrogens with zero attached hydrogens (tertiary/aromatic N) is 2. The van der Waals surface area contributed by atoms with Gasteiger partial charge in [-0.15, -0.1) is 0 Å². The number of thioether (sulfide) groups is 1. The number of hydrogen-bond donors (Lipinski definition) is 0. The van der Waals surface area contributed by atoms with Crippen molar-refractivity contribution in [3.05, 3.63) is 81.9 Å². The number of allylic oxidation sites excluding steroid dienone is 4. The maximum atomic E-state index is 2.49. The lowest BCUT2D eigenvalue weighted by Gasteiger charge is -2.24. The molecule has 33 heavy (non-hydrogen) atoms. The number of anilines is 1. The lowest BCUT2D eigenvalue weighted by molar-refractivity contribution is -0.665. The molecule has 0 saturated heterocycles. The first-order valence-electron chi connectivity index (χ1n) is 12.3. The number of thiazole rings is 1. The first kappa shape index (κ1) is 21.2. The van der Waals surface area contributed by atoms with E-state index in [1.165, 1.54) is 67.7 Å². The normalized spacial score (nSPS) is 22.9. The van der Waals surface area contributed by atoms with Gasteiger partial charge in [-0.1, -0.05) is 53.4 Å². The Morgan fingerprint density at radius 2 is 1.79 bits per heavy atom. The molecule has 1 saturated carbocycles. The van der Waals surface area contributed by atoms with Crippen molar-refractivity contribution in [3.63, 3.8) is 0 Å². The van der Waals surface area contributed by atoms with E-state index >= 15 is 0 Å². The summed E-state index contributed by atoms with van der Waals surface area (Å²) in [5.74, 6) is 1.72. The molecule has 2 heterocycles. The van der Waals surface area contributed by atoms with Gasteiger partial charge in [-0.25, -0.2) is 0 Å². The average Bonchev–Trinajstić information content (AvgIpc) is 3.54. The molecule has 168 valence electrons. The van der Waals surface area contributed by atoms with Crippen LogP contribution >= 0.6 is 23.1 Å². The minimum atomic E-state index is 0.793. The molecule has 0 N–H and O–H groups in total. The van der Waals surface area contributed by atoms with Crippen molar-refractivity contribution in [1.29, 1.82) is 0 Å². The van der Waals surface area contributed by atoms with Crippen LogP contribution in [-0.4, -0.2) is 6.54 Å². The summed E-state index contributed by atoms with van der Waals surface area (Å²) in [5, 5.41) is 2.76. The molecular weight excluding hydrogens is 440 g/mol. The van der Waals surface area contributed by atoms with Crippen LogP contribution in [0.1, 0.15) is 44.5 Å². The highest BCUT2D eigenvalue weighted by Gasteiger charge is 2.34. The Kier molecular flexibility index (Phi) is 5.67. The number of para-hydroxylation sites is 2. The van der Waals surface area contributed by atoms with Crippen molar-refractivity contribution >= 4 is 45.1 Å². The lowest BCUT2D eigenvalue weighted by Crippen LogP contribution is -2.33. The van der Waals surface area contributed by atoms with Gasteiger partial charge in [-0.3, -0.25) is 0 Å². The molecule has 0 radical (unpaired) electrons. The molecule has 1 unspecified atom stereocenters. The molecule has 0 bridgehead atoms. The zero-order valence-corrected chi connectivity index (χ0v) is 21.1. The highest BCUT2D eigenvalue weighted by molar-refractivity contribution is 8.03. The molecule has 1 aromatic heterocycles.